The van der Waals surface area contributed by atoms with Crippen molar-refractivity contribution in [1.29, 1.82) is 10.8 Å². The van der Waals surface area contributed by atoms with E-state index >= 15 is 0 Å². The number of amides is 2. The van der Waals surface area contributed by atoms with Gasteiger partial charge in [0.25, 0.3) is 0 Å². The second-order valence-electron chi connectivity index (χ2n) is 4.40. The van der Waals surface area contributed by atoms with Crippen molar-refractivity contribution in [2.75, 3.05) is 19.4 Å². The van der Waals surface area contributed by atoms with Crippen LogP contribution in [-0.4, -0.2) is 43.3 Å². The Labute approximate surface area is 129 Å². The van der Waals surface area contributed by atoms with E-state index in [1.54, 1.807) is 0 Å². The minimum Gasteiger partial charge on any atom is -0.406 e. The zero-order chi connectivity index (χ0) is 17.6. The Morgan fingerprint density at radius 1 is 1.09 bits per heavy atom. The molecule has 1 aromatic rings. The van der Waals surface area contributed by atoms with Gasteiger partial charge in [0.05, 0.1) is 0 Å². The van der Waals surface area contributed by atoms with Gasteiger partial charge in [-0.2, -0.15) is 0 Å². The number of alkyl halides is 3. The van der Waals surface area contributed by atoms with Crippen LogP contribution in [0.15, 0.2) is 24.3 Å². The number of guanidine groups is 2. The first-order valence-electron chi connectivity index (χ1n) is 6.12. The lowest BCUT2D eigenvalue weighted by Gasteiger charge is -2.15. The number of rotatable bonds is 2. The van der Waals surface area contributed by atoms with Crippen LogP contribution in [0.4, 0.5) is 23.7 Å². The van der Waals surface area contributed by atoms with Crippen LogP contribution < -0.4 is 20.7 Å². The lowest BCUT2D eigenvalue weighted by molar-refractivity contribution is -0.274. The zero-order valence-corrected chi connectivity index (χ0v) is 12.2. The highest BCUT2D eigenvalue weighted by atomic mass is 19.4. The fourth-order valence-electron chi connectivity index (χ4n) is 1.29. The van der Waals surface area contributed by atoms with Crippen LogP contribution in [0.3, 0.4) is 0 Å². The Morgan fingerprint density at radius 2 is 1.65 bits per heavy atom. The number of nitrogens with one attached hydrogen (secondary N) is 5. The van der Waals surface area contributed by atoms with Gasteiger partial charge in [-0.25, -0.2) is 4.79 Å². The molecule has 0 spiro atoms. The predicted octanol–water partition coefficient (Wildman–Crippen LogP) is 1.73. The Morgan fingerprint density at radius 3 is 2.13 bits per heavy atom. The zero-order valence-electron chi connectivity index (χ0n) is 12.2. The van der Waals surface area contributed by atoms with Crippen molar-refractivity contribution in [2.45, 2.75) is 6.36 Å². The molecule has 0 aromatic heterocycles. The minimum atomic E-state index is -4.77. The highest BCUT2D eigenvalue weighted by molar-refractivity contribution is 6.06. The molecule has 0 saturated heterocycles. The lowest BCUT2D eigenvalue weighted by Crippen LogP contribution is -2.48. The van der Waals surface area contributed by atoms with Crippen molar-refractivity contribution in [2.24, 2.45) is 0 Å². The summed E-state index contributed by atoms with van der Waals surface area (Å²) in [4.78, 5) is 12.5. The first-order valence-corrected chi connectivity index (χ1v) is 6.12. The number of ether oxygens (including phenoxy) is 1. The maximum atomic E-state index is 12.0. The first-order chi connectivity index (χ1) is 10.6. The Kier molecular flexibility index (Phi) is 5.76. The summed E-state index contributed by atoms with van der Waals surface area (Å²) >= 11 is 0. The summed E-state index contributed by atoms with van der Waals surface area (Å²) in [5.74, 6) is -1.18. The average molecular weight is 332 g/mol. The molecule has 0 fully saturated rings. The van der Waals surface area contributed by atoms with Crippen molar-refractivity contribution >= 4 is 23.6 Å². The summed E-state index contributed by atoms with van der Waals surface area (Å²) in [6, 6.07) is 4.12. The smallest absolute Gasteiger partial charge is 0.406 e. The van der Waals surface area contributed by atoms with Gasteiger partial charge < -0.3 is 15.0 Å². The molecule has 5 N–H and O–H groups in total. The van der Waals surface area contributed by atoms with E-state index < -0.39 is 24.1 Å². The maximum Gasteiger partial charge on any atom is 0.573 e. The summed E-state index contributed by atoms with van der Waals surface area (Å²) in [5.41, 5.74) is 0.295. The topological polar surface area (TPSA) is 113 Å². The third-order valence-corrected chi connectivity index (χ3v) is 2.25. The Balaban J connectivity index is 2.51. The molecule has 1 rings (SSSR count). The summed E-state index contributed by atoms with van der Waals surface area (Å²) in [5, 5.41) is 21.9. The number of hydrogen-bond acceptors (Lipinski definition) is 4. The lowest BCUT2D eigenvalue weighted by atomic mass is 10.3. The van der Waals surface area contributed by atoms with E-state index in [0.717, 1.165) is 12.1 Å². The molecule has 0 atom stereocenters. The van der Waals surface area contributed by atoms with Gasteiger partial charge in [-0.3, -0.25) is 21.5 Å². The van der Waals surface area contributed by atoms with Gasteiger partial charge >= 0.3 is 12.4 Å². The molecule has 8 nitrogen and oxygen atoms in total. The van der Waals surface area contributed by atoms with E-state index in [1.165, 1.54) is 31.1 Å². The standard InChI is InChI=1S/C12H15F3N6O2/c1-21(2)11(22)20-10(17)19-9(16)18-7-3-5-8(6-4-7)23-12(13,14)15/h3-6H,1-2H3,(H5,16,17,18,19,20,22). The number of nitrogens with zero attached hydrogens (tertiary/aromatic N) is 1. The molecular formula is C12H15F3N6O2. The van der Waals surface area contributed by atoms with E-state index in [9.17, 15) is 18.0 Å². The molecule has 0 aliphatic heterocycles. The van der Waals surface area contributed by atoms with Crippen LogP contribution in [0, 0.1) is 10.8 Å². The summed E-state index contributed by atoms with van der Waals surface area (Å²) < 4.78 is 39.7. The van der Waals surface area contributed by atoms with Gasteiger partial charge in [0.2, 0.25) is 5.96 Å². The van der Waals surface area contributed by atoms with Crippen LogP contribution in [-0.2, 0) is 0 Å². The second kappa shape index (κ2) is 7.33. The average Bonchev–Trinajstić information content (AvgIpc) is 2.38. The van der Waals surface area contributed by atoms with Crippen molar-refractivity contribution in [3.05, 3.63) is 24.3 Å². The van der Waals surface area contributed by atoms with E-state index in [0.29, 0.717) is 5.69 Å². The van der Waals surface area contributed by atoms with Crippen LogP contribution in [0.25, 0.3) is 0 Å². The number of carbonyl (C=O) groups is 1. The summed E-state index contributed by atoms with van der Waals surface area (Å²) in [6.45, 7) is 0. The van der Waals surface area contributed by atoms with Gasteiger partial charge in [0, 0.05) is 19.8 Å². The molecular weight excluding hydrogens is 317 g/mol. The highest BCUT2D eigenvalue weighted by Gasteiger charge is 2.30. The molecule has 0 aliphatic carbocycles. The predicted molar refractivity (Wildman–Crippen MR) is 77.6 cm³/mol. The van der Waals surface area contributed by atoms with Crippen molar-refractivity contribution in [1.82, 2.24) is 15.5 Å². The molecule has 0 heterocycles. The van der Waals surface area contributed by atoms with E-state index in [2.05, 4.69) is 20.7 Å². The maximum absolute atomic E-state index is 12.0. The van der Waals surface area contributed by atoms with Crippen LogP contribution in [0.2, 0.25) is 0 Å². The number of benzene rings is 1. The van der Waals surface area contributed by atoms with Gasteiger partial charge in [0.1, 0.15) is 5.75 Å². The number of hydrogen-bond donors (Lipinski definition) is 5. The summed E-state index contributed by atoms with van der Waals surface area (Å²) in [6.07, 6.45) is -4.77. The third-order valence-electron chi connectivity index (χ3n) is 2.25. The fraction of sp³-hybridized carbons (Fsp3) is 0.250. The van der Waals surface area contributed by atoms with Crippen LogP contribution >= 0.6 is 0 Å². The number of urea groups is 1. The molecule has 0 radical (unpaired) electrons. The summed E-state index contributed by atoms with van der Waals surface area (Å²) in [7, 11) is 2.97. The normalized spacial score (nSPS) is 10.5. The largest absolute Gasteiger partial charge is 0.573 e. The minimum absolute atomic E-state index is 0.295. The quantitative estimate of drug-likeness (QED) is 0.419. The molecule has 0 unspecified atom stereocenters. The van der Waals surface area contributed by atoms with Gasteiger partial charge in [-0.05, 0) is 24.3 Å². The van der Waals surface area contributed by atoms with Gasteiger partial charge in [0.15, 0.2) is 5.96 Å². The van der Waals surface area contributed by atoms with E-state index in [-0.39, 0.29) is 5.96 Å². The van der Waals surface area contributed by atoms with Crippen molar-refractivity contribution < 1.29 is 22.7 Å². The second-order valence-corrected chi connectivity index (χ2v) is 4.40. The molecule has 126 valence electrons. The van der Waals surface area contributed by atoms with Crippen molar-refractivity contribution in [3.63, 3.8) is 0 Å². The molecule has 11 heteroatoms. The molecule has 1 aromatic carbocycles. The van der Waals surface area contributed by atoms with E-state index in [1.807, 2.05) is 0 Å². The fourth-order valence-corrected chi connectivity index (χ4v) is 1.29. The van der Waals surface area contributed by atoms with Gasteiger partial charge in [-0.1, -0.05) is 0 Å². The molecule has 2 amide bonds. The Bertz CT molecular complexity index is 585. The van der Waals surface area contributed by atoms with Crippen molar-refractivity contribution in [3.8, 4) is 5.75 Å². The first kappa shape index (κ1) is 18.1. The number of anilines is 1. The van der Waals surface area contributed by atoms with Crippen LogP contribution in [0.1, 0.15) is 0 Å². The molecule has 0 saturated carbocycles. The highest BCUT2D eigenvalue weighted by Crippen LogP contribution is 2.23. The number of halogens is 3. The molecule has 0 bridgehead atoms. The third kappa shape index (κ3) is 7.02. The SMILES string of the molecule is CN(C)C(=O)NC(=N)NC(=N)Nc1ccc(OC(F)(F)F)cc1. The monoisotopic (exact) mass is 332 g/mol. The Hall–Kier alpha value is -2.98. The molecule has 0 aliphatic rings. The van der Waals surface area contributed by atoms with Gasteiger partial charge in [-0.15, -0.1) is 13.2 Å². The van der Waals surface area contributed by atoms with Crippen LogP contribution in [0.5, 0.6) is 5.75 Å². The number of carbonyl (C=O) groups excluding carboxylic acids is 1. The molecule has 23 heavy (non-hydrogen) atoms. The van der Waals surface area contributed by atoms with E-state index in [4.69, 9.17) is 10.8 Å².